The number of hydrogen-bond acceptors (Lipinski definition) is 9. The van der Waals surface area contributed by atoms with E-state index in [4.69, 9.17) is 4.74 Å². The summed E-state index contributed by atoms with van der Waals surface area (Å²) in [4.78, 5) is 37.9. The molecular weight excluding hydrogens is 587 g/mol. The van der Waals surface area contributed by atoms with Gasteiger partial charge in [0.25, 0.3) is 11.8 Å². The molecule has 0 bridgehead atoms. The number of anilines is 1. The Morgan fingerprint density at radius 3 is 2.65 bits per heavy atom. The maximum absolute atomic E-state index is 13.2. The zero-order valence-corrected chi connectivity index (χ0v) is 25.0. The molecule has 2 aromatic heterocycles. The minimum Gasteiger partial charge on any atom is -0.379 e. The van der Waals surface area contributed by atoms with Crippen LogP contribution < -0.4 is 10.6 Å². The molecule has 10 nitrogen and oxygen atoms in total. The molecule has 0 saturated carbocycles. The van der Waals surface area contributed by atoms with Crippen molar-refractivity contribution in [2.45, 2.75) is 35.6 Å². The minimum absolute atomic E-state index is 0.0547. The number of nitrogens with zero attached hydrogens (tertiary/aromatic N) is 3. The summed E-state index contributed by atoms with van der Waals surface area (Å²) < 4.78 is 31.8. The summed E-state index contributed by atoms with van der Waals surface area (Å²) in [6, 6.07) is 14.3. The number of aromatic nitrogens is 2. The van der Waals surface area contributed by atoms with Crippen molar-refractivity contribution in [1.29, 1.82) is 0 Å². The highest BCUT2D eigenvalue weighted by atomic mass is 32.2. The summed E-state index contributed by atoms with van der Waals surface area (Å²) in [5, 5.41) is 6.25. The number of unbranched alkanes of at least 4 members (excludes halogenated alkanes) is 1. The van der Waals surface area contributed by atoms with Crippen molar-refractivity contribution in [2.75, 3.05) is 38.2 Å². The third-order valence-corrected chi connectivity index (χ3v) is 10.4. The van der Waals surface area contributed by atoms with Gasteiger partial charge in [0.05, 0.1) is 46.5 Å². The van der Waals surface area contributed by atoms with Crippen LogP contribution in [0.15, 0.2) is 76.8 Å². The first-order chi connectivity index (χ1) is 20.9. The fraction of sp³-hybridized carbons (Fsp3) is 0.290. The largest absolute Gasteiger partial charge is 0.379 e. The van der Waals surface area contributed by atoms with Crippen molar-refractivity contribution >= 4 is 38.7 Å². The second kappa shape index (κ2) is 12.7. The molecular formula is C31H31N5O5S2. The molecule has 2 N–H and O–H groups in total. The van der Waals surface area contributed by atoms with Gasteiger partial charge >= 0.3 is 0 Å². The number of aryl methyl sites for hydroxylation is 1. The van der Waals surface area contributed by atoms with Crippen LogP contribution in [0, 0.1) is 0 Å². The Balaban J connectivity index is 1.04. The highest BCUT2D eigenvalue weighted by molar-refractivity contribution is 7.91. The zero-order chi connectivity index (χ0) is 29.8. The lowest BCUT2D eigenvalue weighted by Crippen LogP contribution is -2.36. The van der Waals surface area contributed by atoms with E-state index < -0.39 is 21.7 Å². The number of benzene rings is 2. The van der Waals surface area contributed by atoms with Gasteiger partial charge in [-0.2, -0.15) is 0 Å². The Bertz CT molecular complexity index is 1750. The number of amides is 2. The molecule has 1 fully saturated rings. The third-order valence-electron chi connectivity index (χ3n) is 7.51. The van der Waals surface area contributed by atoms with E-state index in [1.165, 1.54) is 47.2 Å². The number of carbonyl (C=O) groups is 2. The fourth-order valence-electron chi connectivity index (χ4n) is 5.17. The van der Waals surface area contributed by atoms with Crippen LogP contribution >= 0.6 is 11.3 Å². The quantitative estimate of drug-likeness (QED) is 0.268. The number of fused-ring (bicyclic) bond motifs is 2. The van der Waals surface area contributed by atoms with E-state index in [2.05, 4.69) is 31.6 Å². The molecule has 1 saturated heterocycles. The van der Waals surface area contributed by atoms with Crippen molar-refractivity contribution in [2.24, 2.45) is 0 Å². The van der Waals surface area contributed by atoms with Crippen LogP contribution in [0.1, 0.15) is 44.0 Å². The molecule has 0 radical (unpaired) electrons. The first-order valence-corrected chi connectivity index (χ1v) is 16.5. The number of carbonyl (C=O) groups excluding carboxylic acids is 2. The van der Waals surface area contributed by atoms with Gasteiger partial charge in [-0.25, -0.2) is 13.4 Å². The molecule has 4 aromatic rings. The average molecular weight is 618 g/mol. The van der Waals surface area contributed by atoms with Crippen molar-refractivity contribution in [3.05, 3.63) is 88.6 Å². The molecule has 43 heavy (non-hydrogen) atoms. The molecule has 0 spiro atoms. The van der Waals surface area contributed by atoms with Gasteiger partial charge in [-0.1, -0.05) is 18.2 Å². The highest BCUT2D eigenvalue weighted by Crippen LogP contribution is 2.34. The molecule has 12 heteroatoms. The van der Waals surface area contributed by atoms with Crippen LogP contribution in [0.5, 0.6) is 0 Å². The van der Waals surface area contributed by atoms with Crippen LogP contribution in [-0.4, -0.2) is 67.9 Å². The first-order valence-electron chi connectivity index (χ1n) is 14.2. The Morgan fingerprint density at radius 2 is 1.84 bits per heavy atom. The number of hydrogen-bond donors (Lipinski definition) is 2. The molecule has 0 aliphatic carbocycles. The maximum Gasteiger partial charge on any atom is 0.257 e. The normalized spacial score (nSPS) is 16.0. The Morgan fingerprint density at radius 1 is 1.00 bits per heavy atom. The summed E-state index contributed by atoms with van der Waals surface area (Å²) in [5.41, 5.74) is 2.34. The van der Waals surface area contributed by atoms with Crippen LogP contribution in [0.2, 0.25) is 0 Å². The zero-order valence-electron chi connectivity index (χ0n) is 23.4. The summed E-state index contributed by atoms with van der Waals surface area (Å²) >= 11 is 1.44. The van der Waals surface area contributed by atoms with Gasteiger partial charge in [-0.3, -0.25) is 19.5 Å². The lowest BCUT2D eigenvalue weighted by molar-refractivity contribution is 0.0372. The number of thiazole rings is 1. The number of pyridine rings is 1. The van der Waals surface area contributed by atoms with Crippen LogP contribution in [0.4, 0.5) is 5.69 Å². The number of sulfone groups is 1. The van der Waals surface area contributed by atoms with Gasteiger partial charge in [-0.05, 0) is 67.8 Å². The van der Waals surface area contributed by atoms with E-state index in [-0.39, 0.29) is 33.2 Å². The van der Waals surface area contributed by atoms with E-state index in [0.717, 1.165) is 67.7 Å². The third kappa shape index (κ3) is 6.52. The van der Waals surface area contributed by atoms with Crippen LogP contribution in [-0.2, 0) is 27.5 Å². The SMILES string of the molecule is O=C(NCc1cnc(-c2ccc(CCCCN3CCOCC3)cn2)s1)c1ccc2c(c1)NC(=O)c1ccccc1S2(=O)=O. The van der Waals surface area contributed by atoms with E-state index in [1.807, 2.05) is 12.3 Å². The molecule has 2 aliphatic heterocycles. The Hall–Kier alpha value is -3.97. The molecule has 6 rings (SSSR count). The molecule has 0 atom stereocenters. The van der Waals surface area contributed by atoms with Crippen molar-refractivity contribution in [1.82, 2.24) is 20.2 Å². The topological polar surface area (TPSA) is 131 Å². The summed E-state index contributed by atoms with van der Waals surface area (Å²) in [6.45, 7) is 5.04. The van der Waals surface area contributed by atoms with E-state index in [1.54, 1.807) is 18.3 Å². The van der Waals surface area contributed by atoms with Gasteiger partial charge in [-0.15, -0.1) is 11.3 Å². The standard InChI is InChI=1S/C31H31N5O5S2/c37-29(22-9-11-28-26(17-22)35-30(38)24-6-1-2-7-27(24)43(28,39)40)33-19-23-20-34-31(42-23)25-10-8-21(18-32-25)5-3-4-12-36-13-15-41-16-14-36/h1-2,6-11,17-18,20H,3-5,12-16,19H2,(H,33,37)(H,35,38). The summed E-state index contributed by atoms with van der Waals surface area (Å²) in [5.74, 6) is -0.944. The molecule has 2 aliphatic rings. The van der Waals surface area contributed by atoms with Crippen molar-refractivity contribution < 1.29 is 22.7 Å². The average Bonchev–Trinajstić information content (AvgIpc) is 3.49. The molecule has 0 unspecified atom stereocenters. The van der Waals surface area contributed by atoms with Gasteiger partial charge < -0.3 is 15.4 Å². The van der Waals surface area contributed by atoms with E-state index in [0.29, 0.717) is 0 Å². The van der Waals surface area contributed by atoms with E-state index in [9.17, 15) is 18.0 Å². The predicted molar refractivity (Wildman–Crippen MR) is 163 cm³/mol. The van der Waals surface area contributed by atoms with Crippen LogP contribution in [0.25, 0.3) is 10.7 Å². The summed E-state index contributed by atoms with van der Waals surface area (Å²) in [7, 11) is -3.94. The molecule has 222 valence electrons. The number of morpholine rings is 1. The monoisotopic (exact) mass is 617 g/mol. The minimum atomic E-state index is -3.94. The number of nitrogens with one attached hydrogen (secondary N) is 2. The van der Waals surface area contributed by atoms with Gasteiger partial charge in [0.15, 0.2) is 0 Å². The first kappa shape index (κ1) is 29.1. The number of rotatable bonds is 9. The van der Waals surface area contributed by atoms with E-state index >= 15 is 0 Å². The van der Waals surface area contributed by atoms with Crippen molar-refractivity contribution in [3.8, 4) is 10.7 Å². The van der Waals surface area contributed by atoms with Gasteiger partial charge in [0, 0.05) is 35.9 Å². The highest BCUT2D eigenvalue weighted by Gasteiger charge is 2.31. The van der Waals surface area contributed by atoms with Gasteiger partial charge in [0.2, 0.25) is 9.84 Å². The second-order valence-electron chi connectivity index (χ2n) is 10.4. The molecule has 2 aromatic carbocycles. The van der Waals surface area contributed by atoms with Crippen LogP contribution in [0.3, 0.4) is 0 Å². The smallest absolute Gasteiger partial charge is 0.257 e. The molecule has 2 amide bonds. The van der Waals surface area contributed by atoms with Gasteiger partial charge in [0.1, 0.15) is 5.01 Å². The fourth-order valence-corrected chi connectivity index (χ4v) is 7.59. The second-order valence-corrected chi connectivity index (χ2v) is 13.4. The number of ether oxygens (including phenoxy) is 1. The Kier molecular flexibility index (Phi) is 8.61. The predicted octanol–water partition coefficient (Wildman–Crippen LogP) is 4.19. The molecule has 4 heterocycles. The lowest BCUT2D eigenvalue weighted by Gasteiger charge is -2.26. The van der Waals surface area contributed by atoms with Crippen molar-refractivity contribution in [3.63, 3.8) is 0 Å². The lowest BCUT2D eigenvalue weighted by atomic mass is 10.1. The Labute approximate surface area is 254 Å². The maximum atomic E-state index is 13.2. The summed E-state index contributed by atoms with van der Waals surface area (Å²) in [6.07, 6.45) is 6.86.